The molecule has 0 aliphatic carbocycles. The third-order valence-electron chi connectivity index (χ3n) is 2.35. The summed E-state index contributed by atoms with van der Waals surface area (Å²) < 4.78 is 27.6. The van der Waals surface area contributed by atoms with Gasteiger partial charge in [0.05, 0.1) is 4.90 Å². The Morgan fingerprint density at radius 1 is 1.18 bits per heavy atom. The van der Waals surface area contributed by atoms with E-state index >= 15 is 0 Å². The molecule has 1 aromatic carbocycles. The normalized spacial score (nSPS) is 18.6. The van der Waals surface area contributed by atoms with Crippen LogP contribution in [0.3, 0.4) is 0 Å². The second-order valence-corrected chi connectivity index (χ2v) is 5.29. The molecule has 2 rings (SSSR count). The molecule has 17 heavy (non-hydrogen) atoms. The van der Waals surface area contributed by atoms with E-state index in [1.807, 2.05) is 0 Å². The lowest BCUT2D eigenvalue weighted by Crippen LogP contribution is -2.25. The molecule has 1 aliphatic rings. The molecule has 0 spiro atoms. The minimum Gasteiger partial charge on any atom is -0.401 e. The number of nitrogens with two attached hydrogens (primary N) is 1. The average molecular weight is 251 g/mol. The zero-order valence-corrected chi connectivity index (χ0v) is 9.94. The van der Waals surface area contributed by atoms with E-state index in [-0.39, 0.29) is 4.90 Å². The van der Waals surface area contributed by atoms with Crippen LogP contribution in [0.1, 0.15) is 12.8 Å². The molecule has 0 amide bonds. The van der Waals surface area contributed by atoms with Crippen LogP contribution in [-0.2, 0) is 10.0 Å². The molecular weight excluding hydrogens is 238 g/mol. The number of rotatable bonds is 2. The van der Waals surface area contributed by atoms with Gasteiger partial charge in [-0.15, -0.1) is 4.40 Å². The lowest BCUT2D eigenvalue weighted by Gasteiger charge is -2.12. The first kappa shape index (κ1) is 11.7. The molecule has 5 nitrogen and oxygen atoms in total. The fraction of sp³-hybridized carbons (Fsp3) is 0.182. The van der Waals surface area contributed by atoms with Gasteiger partial charge in [0.2, 0.25) is 0 Å². The first-order chi connectivity index (χ1) is 8.08. The lowest BCUT2D eigenvalue weighted by atomic mass is 10.2. The Kier molecular flexibility index (Phi) is 3.14. The van der Waals surface area contributed by atoms with E-state index in [9.17, 15) is 8.42 Å². The lowest BCUT2D eigenvalue weighted by molar-refractivity contribution is 0.597. The number of sulfonamides is 1. The predicted molar refractivity (Wildman–Crippen MR) is 65.7 cm³/mol. The maximum absolute atomic E-state index is 11.9. The summed E-state index contributed by atoms with van der Waals surface area (Å²) in [6.07, 6.45) is 2.70. The van der Waals surface area contributed by atoms with Crippen molar-refractivity contribution in [1.29, 1.82) is 0 Å². The molecule has 0 fully saturated rings. The molecule has 1 aromatic rings. The molecule has 1 heterocycles. The van der Waals surface area contributed by atoms with Gasteiger partial charge in [-0.1, -0.05) is 18.2 Å². The summed E-state index contributed by atoms with van der Waals surface area (Å²) in [5.74, 6) is 0.419. The van der Waals surface area contributed by atoms with Crippen LogP contribution in [0.25, 0.3) is 0 Å². The number of nitrogens with one attached hydrogen (secondary N) is 1. The zero-order valence-electron chi connectivity index (χ0n) is 9.13. The second kappa shape index (κ2) is 4.58. The number of benzene rings is 1. The van der Waals surface area contributed by atoms with Crippen LogP contribution in [-0.4, -0.2) is 14.3 Å². The van der Waals surface area contributed by atoms with Crippen molar-refractivity contribution in [1.82, 2.24) is 5.32 Å². The van der Waals surface area contributed by atoms with Gasteiger partial charge >= 0.3 is 0 Å². The van der Waals surface area contributed by atoms with E-state index < -0.39 is 10.0 Å². The Morgan fingerprint density at radius 2 is 1.88 bits per heavy atom. The number of hydrogen-bond acceptors (Lipinski definition) is 3. The highest BCUT2D eigenvalue weighted by molar-refractivity contribution is 7.90. The molecule has 0 bridgehead atoms. The van der Waals surface area contributed by atoms with Crippen molar-refractivity contribution >= 4 is 15.9 Å². The number of amidine groups is 1. The van der Waals surface area contributed by atoms with Crippen molar-refractivity contribution < 1.29 is 8.42 Å². The zero-order chi connectivity index (χ0) is 12.3. The number of nitrogens with zero attached hydrogens (tertiary/aromatic N) is 1. The Morgan fingerprint density at radius 3 is 2.47 bits per heavy atom. The topological polar surface area (TPSA) is 84.5 Å². The number of allylic oxidation sites excluding steroid dienone is 1. The molecule has 0 saturated heterocycles. The molecule has 0 unspecified atom stereocenters. The van der Waals surface area contributed by atoms with Gasteiger partial charge in [-0.2, -0.15) is 8.42 Å². The largest absolute Gasteiger partial charge is 0.401 e. The first-order valence-electron chi connectivity index (χ1n) is 5.18. The van der Waals surface area contributed by atoms with E-state index in [0.29, 0.717) is 24.4 Å². The van der Waals surface area contributed by atoms with Gasteiger partial charge in [-0.25, -0.2) is 0 Å². The summed E-state index contributed by atoms with van der Waals surface area (Å²) in [7, 11) is -3.62. The molecule has 3 N–H and O–H groups in total. The van der Waals surface area contributed by atoms with E-state index in [4.69, 9.17) is 5.73 Å². The highest BCUT2D eigenvalue weighted by Gasteiger charge is 2.15. The summed E-state index contributed by atoms with van der Waals surface area (Å²) in [5, 5.41) is 2.78. The van der Waals surface area contributed by atoms with Crippen molar-refractivity contribution in [2.75, 3.05) is 0 Å². The fourth-order valence-electron chi connectivity index (χ4n) is 1.45. The Labute approximate surface area is 100 Å². The van der Waals surface area contributed by atoms with Crippen molar-refractivity contribution in [3.05, 3.63) is 42.2 Å². The van der Waals surface area contributed by atoms with Crippen LogP contribution in [0.15, 0.2) is 51.5 Å². The minimum atomic E-state index is -3.62. The Hall–Kier alpha value is -1.82. The molecule has 1 aliphatic heterocycles. The van der Waals surface area contributed by atoms with E-state index in [0.717, 1.165) is 0 Å². The Balaban J connectivity index is 2.27. The van der Waals surface area contributed by atoms with Gasteiger partial charge in [0.1, 0.15) is 5.84 Å². The van der Waals surface area contributed by atoms with Crippen molar-refractivity contribution in [3.8, 4) is 0 Å². The van der Waals surface area contributed by atoms with E-state index in [1.54, 1.807) is 24.4 Å². The summed E-state index contributed by atoms with van der Waals surface area (Å²) in [6, 6.07) is 8.13. The van der Waals surface area contributed by atoms with Gasteiger partial charge < -0.3 is 11.1 Å². The SMILES string of the molecule is NC1=CNC(=NS(=O)(=O)c2ccccc2)CC1. The molecule has 90 valence electrons. The quantitative estimate of drug-likeness (QED) is 0.819. The van der Waals surface area contributed by atoms with Crippen molar-refractivity contribution in [2.45, 2.75) is 17.7 Å². The van der Waals surface area contributed by atoms with Crippen LogP contribution in [0.5, 0.6) is 0 Å². The number of hydrogen-bond donors (Lipinski definition) is 2. The average Bonchev–Trinajstić information content (AvgIpc) is 2.33. The molecule has 6 heteroatoms. The van der Waals surface area contributed by atoms with Crippen molar-refractivity contribution in [3.63, 3.8) is 0 Å². The maximum atomic E-state index is 11.9. The maximum Gasteiger partial charge on any atom is 0.283 e. The molecule has 0 saturated carbocycles. The van der Waals surface area contributed by atoms with Crippen LogP contribution < -0.4 is 11.1 Å². The predicted octanol–water partition coefficient (Wildman–Crippen LogP) is 0.957. The standard InChI is InChI=1S/C11H13N3O2S/c12-9-6-7-11(13-8-9)14-17(15,16)10-4-2-1-3-5-10/h1-5,8H,6-7,12H2,(H,13,14). The summed E-state index contributed by atoms with van der Waals surface area (Å²) in [6.45, 7) is 0. The van der Waals surface area contributed by atoms with Gasteiger partial charge in [-0.3, -0.25) is 0 Å². The van der Waals surface area contributed by atoms with Gasteiger partial charge in [0.15, 0.2) is 0 Å². The van der Waals surface area contributed by atoms with Crippen LogP contribution in [0.2, 0.25) is 0 Å². The van der Waals surface area contributed by atoms with Crippen LogP contribution in [0.4, 0.5) is 0 Å². The summed E-state index contributed by atoms with van der Waals surface area (Å²) >= 11 is 0. The van der Waals surface area contributed by atoms with Gasteiger partial charge in [0.25, 0.3) is 10.0 Å². The van der Waals surface area contributed by atoms with Gasteiger partial charge in [-0.05, 0) is 18.6 Å². The summed E-state index contributed by atoms with van der Waals surface area (Å²) in [5.41, 5.74) is 6.26. The summed E-state index contributed by atoms with van der Waals surface area (Å²) in [4.78, 5) is 0.192. The highest BCUT2D eigenvalue weighted by Crippen LogP contribution is 2.13. The molecule has 0 atom stereocenters. The molecule has 0 radical (unpaired) electrons. The third kappa shape index (κ3) is 2.85. The highest BCUT2D eigenvalue weighted by atomic mass is 32.2. The van der Waals surface area contributed by atoms with Crippen molar-refractivity contribution in [2.24, 2.45) is 10.1 Å². The first-order valence-corrected chi connectivity index (χ1v) is 6.62. The van der Waals surface area contributed by atoms with E-state index in [1.165, 1.54) is 12.1 Å². The van der Waals surface area contributed by atoms with Crippen LogP contribution >= 0.6 is 0 Å². The van der Waals surface area contributed by atoms with E-state index in [2.05, 4.69) is 9.71 Å². The smallest absolute Gasteiger partial charge is 0.283 e. The van der Waals surface area contributed by atoms with Crippen LogP contribution in [0, 0.1) is 0 Å². The van der Waals surface area contributed by atoms with Gasteiger partial charge in [0, 0.05) is 18.3 Å². The second-order valence-electron chi connectivity index (χ2n) is 3.69. The Bertz CT molecular complexity index is 562. The third-order valence-corrected chi connectivity index (χ3v) is 3.67. The fourth-order valence-corrected chi connectivity index (χ4v) is 2.49. The molecule has 0 aromatic heterocycles. The monoisotopic (exact) mass is 251 g/mol. The minimum absolute atomic E-state index is 0.192. The molecular formula is C11H13N3O2S.